The maximum atomic E-state index is 9.06. The standard InChI is InChI=1S/C14H13N3O/c1-8-5-9(2)14-11(6-8)13-10(3-4-18-14)12(7-15)16-17-13/h5-6H,3-4H2,1-2H3,(H,16,17). The number of benzene rings is 1. The molecule has 0 bridgehead atoms. The lowest BCUT2D eigenvalue weighted by atomic mass is 10.00. The van der Waals surface area contributed by atoms with Crippen LogP contribution in [-0.4, -0.2) is 16.8 Å². The summed E-state index contributed by atoms with van der Waals surface area (Å²) in [5.74, 6) is 0.896. The normalized spacial score (nSPS) is 12.9. The van der Waals surface area contributed by atoms with Crippen LogP contribution in [0, 0.1) is 25.2 Å². The molecule has 1 aromatic heterocycles. The molecule has 4 heteroatoms. The molecule has 0 unspecified atom stereocenters. The van der Waals surface area contributed by atoms with Crippen LogP contribution in [-0.2, 0) is 6.42 Å². The number of H-pyrrole nitrogens is 1. The molecule has 2 aromatic rings. The van der Waals surface area contributed by atoms with Gasteiger partial charge < -0.3 is 4.74 Å². The number of ether oxygens (including phenoxy) is 1. The van der Waals surface area contributed by atoms with E-state index in [0.29, 0.717) is 18.7 Å². The first kappa shape index (κ1) is 10.8. The molecule has 0 spiro atoms. The van der Waals surface area contributed by atoms with Crippen molar-refractivity contribution in [3.05, 3.63) is 34.5 Å². The Morgan fingerprint density at radius 3 is 3.00 bits per heavy atom. The summed E-state index contributed by atoms with van der Waals surface area (Å²) in [6.07, 6.45) is 0.710. The Bertz CT molecular complexity index is 664. The Hall–Kier alpha value is -2.28. The van der Waals surface area contributed by atoms with E-state index in [1.807, 2.05) is 6.92 Å². The predicted molar refractivity (Wildman–Crippen MR) is 67.4 cm³/mol. The fraction of sp³-hybridized carbons (Fsp3) is 0.286. The summed E-state index contributed by atoms with van der Waals surface area (Å²) < 4.78 is 5.82. The molecule has 0 amide bonds. The van der Waals surface area contributed by atoms with Crippen LogP contribution in [0.3, 0.4) is 0 Å². The lowest BCUT2D eigenvalue weighted by Gasteiger charge is -2.11. The molecule has 4 nitrogen and oxygen atoms in total. The topological polar surface area (TPSA) is 61.7 Å². The van der Waals surface area contributed by atoms with E-state index < -0.39 is 0 Å². The molecule has 0 atom stereocenters. The molecule has 0 saturated heterocycles. The molecule has 2 heterocycles. The number of nitrogens with zero attached hydrogens (tertiary/aromatic N) is 2. The Kier molecular flexibility index (Phi) is 2.34. The Morgan fingerprint density at radius 2 is 2.22 bits per heavy atom. The quantitative estimate of drug-likeness (QED) is 0.768. The first-order valence-electron chi connectivity index (χ1n) is 5.92. The van der Waals surface area contributed by atoms with Gasteiger partial charge >= 0.3 is 0 Å². The summed E-state index contributed by atoms with van der Waals surface area (Å²) in [5.41, 5.74) is 5.66. The minimum atomic E-state index is 0.473. The van der Waals surface area contributed by atoms with E-state index in [1.54, 1.807) is 0 Å². The molecular weight excluding hydrogens is 226 g/mol. The maximum Gasteiger partial charge on any atom is 0.166 e. The minimum Gasteiger partial charge on any atom is -0.492 e. The number of fused-ring (bicyclic) bond motifs is 3. The van der Waals surface area contributed by atoms with Gasteiger partial charge in [-0.1, -0.05) is 6.07 Å². The van der Waals surface area contributed by atoms with Gasteiger partial charge in [-0.2, -0.15) is 10.4 Å². The van der Waals surface area contributed by atoms with Crippen molar-refractivity contribution in [3.8, 4) is 23.1 Å². The summed E-state index contributed by atoms with van der Waals surface area (Å²) in [7, 11) is 0. The van der Waals surface area contributed by atoms with E-state index in [0.717, 1.165) is 28.1 Å². The number of hydrogen-bond acceptors (Lipinski definition) is 3. The van der Waals surface area contributed by atoms with Gasteiger partial charge in [0.15, 0.2) is 5.69 Å². The monoisotopic (exact) mass is 239 g/mol. The molecule has 1 aromatic carbocycles. The average Bonchev–Trinajstić information content (AvgIpc) is 2.65. The zero-order valence-electron chi connectivity index (χ0n) is 10.4. The van der Waals surface area contributed by atoms with Crippen LogP contribution < -0.4 is 4.74 Å². The van der Waals surface area contributed by atoms with E-state index in [-0.39, 0.29) is 0 Å². The molecule has 1 aliphatic heterocycles. The summed E-state index contributed by atoms with van der Waals surface area (Å²) in [5, 5.41) is 16.1. The van der Waals surface area contributed by atoms with Gasteiger partial charge in [-0.25, -0.2) is 0 Å². The van der Waals surface area contributed by atoms with E-state index in [4.69, 9.17) is 10.00 Å². The highest BCUT2D eigenvalue weighted by molar-refractivity contribution is 5.74. The van der Waals surface area contributed by atoms with Crippen molar-refractivity contribution in [3.63, 3.8) is 0 Å². The predicted octanol–water partition coefficient (Wildman–Crippen LogP) is 2.50. The van der Waals surface area contributed by atoms with Crippen LogP contribution in [0.5, 0.6) is 5.75 Å². The Labute approximate surface area is 105 Å². The molecule has 0 aliphatic carbocycles. The zero-order chi connectivity index (χ0) is 12.7. The van der Waals surface area contributed by atoms with Gasteiger partial charge in [0.2, 0.25) is 0 Å². The largest absolute Gasteiger partial charge is 0.492 e. The van der Waals surface area contributed by atoms with Gasteiger partial charge in [0.05, 0.1) is 12.3 Å². The molecule has 1 N–H and O–H groups in total. The summed E-state index contributed by atoms with van der Waals surface area (Å²) in [4.78, 5) is 0. The van der Waals surface area contributed by atoms with Crippen molar-refractivity contribution in [2.45, 2.75) is 20.3 Å². The number of nitriles is 1. The van der Waals surface area contributed by atoms with Crippen molar-refractivity contribution < 1.29 is 4.74 Å². The van der Waals surface area contributed by atoms with Gasteiger partial charge in [0.25, 0.3) is 0 Å². The van der Waals surface area contributed by atoms with Crippen molar-refractivity contribution >= 4 is 0 Å². The van der Waals surface area contributed by atoms with Crippen molar-refractivity contribution in [1.82, 2.24) is 10.2 Å². The Morgan fingerprint density at radius 1 is 1.39 bits per heavy atom. The highest BCUT2D eigenvalue weighted by Gasteiger charge is 2.22. The smallest absolute Gasteiger partial charge is 0.166 e. The molecule has 90 valence electrons. The van der Waals surface area contributed by atoms with Crippen LogP contribution in [0.4, 0.5) is 0 Å². The molecule has 1 aliphatic rings. The van der Waals surface area contributed by atoms with Crippen molar-refractivity contribution in [2.24, 2.45) is 0 Å². The first-order chi connectivity index (χ1) is 8.70. The summed E-state index contributed by atoms with van der Waals surface area (Å²) in [6.45, 7) is 4.68. The van der Waals surface area contributed by atoms with Crippen LogP contribution >= 0.6 is 0 Å². The lowest BCUT2D eigenvalue weighted by Crippen LogP contribution is -2.01. The molecule has 18 heavy (non-hydrogen) atoms. The third-order valence-electron chi connectivity index (χ3n) is 3.26. The number of rotatable bonds is 0. The lowest BCUT2D eigenvalue weighted by molar-refractivity contribution is 0.324. The third kappa shape index (κ3) is 1.48. The molecule has 3 rings (SSSR count). The SMILES string of the molecule is Cc1cc(C)c2c(c1)-c1[nH]nc(C#N)c1CCO2. The summed E-state index contributed by atoms with van der Waals surface area (Å²) in [6, 6.07) is 6.30. The van der Waals surface area contributed by atoms with Crippen molar-refractivity contribution in [2.75, 3.05) is 6.61 Å². The van der Waals surface area contributed by atoms with E-state index in [9.17, 15) is 0 Å². The molecular formula is C14H13N3O. The number of hydrogen-bond donors (Lipinski definition) is 1. The number of aromatic amines is 1. The fourth-order valence-corrected chi connectivity index (χ4v) is 2.51. The maximum absolute atomic E-state index is 9.06. The summed E-state index contributed by atoms with van der Waals surface area (Å²) >= 11 is 0. The highest BCUT2D eigenvalue weighted by Crippen LogP contribution is 2.38. The molecule has 0 radical (unpaired) electrons. The average molecular weight is 239 g/mol. The fourth-order valence-electron chi connectivity index (χ4n) is 2.51. The van der Waals surface area contributed by atoms with Crippen LogP contribution in [0.25, 0.3) is 11.3 Å². The molecule has 0 saturated carbocycles. The second-order valence-electron chi connectivity index (χ2n) is 4.59. The molecule has 0 fully saturated rings. The minimum absolute atomic E-state index is 0.473. The van der Waals surface area contributed by atoms with Crippen LogP contribution in [0.15, 0.2) is 12.1 Å². The van der Waals surface area contributed by atoms with Crippen LogP contribution in [0.1, 0.15) is 22.4 Å². The van der Waals surface area contributed by atoms with Gasteiger partial charge in [-0.15, -0.1) is 0 Å². The van der Waals surface area contributed by atoms with E-state index in [2.05, 4.69) is 35.3 Å². The second kappa shape index (κ2) is 3.88. The number of nitrogens with one attached hydrogen (secondary N) is 1. The van der Waals surface area contributed by atoms with Gasteiger partial charge in [0, 0.05) is 17.5 Å². The van der Waals surface area contributed by atoms with Gasteiger partial charge in [-0.3, -0.25) is 5.10 Å². The second-order valence-corrected chi connectivity index (χ2v) is 4.59. The highest BCUT2D eigenvalue weighted by atomic mass is 16.5. The van der Waals surface area contributed by atoms with Crippen molar-refractivity contribution in [1.29, 1.82) is 5.26 Å². The van der Waals surface area contributed by atoms with E-state index >= 15 is 0 Å². The van der Waals surface area contributed by atoms with E-state index in [1.165, 1.54) is 5.56 Å². The third-order valence-corrected chi connectivity index (χ3v) is 3.26. The Balaban J connectivity index is 2.31. The number of aryl methyl sites for hydroxylation is 2. The number of aromatic nitrogens is 2. The van der Waals surface area contributed by atoms with Gasteiger partial charge in [-0.05, 0) is 31.0 Å². The van der Waals surface area contributed by atoms with Gasteiger partial charge in [0.1, 0.15) is 11.8 Å². The van der Waals surface area contributed by atoms with Crippen LogP contribution in [0.2, 0.25) is 0 Å². The first-order valence-corrected chi connectivity index (χ1v) is 5.92. The zero-order valence-corrected chi connectivity index (χ0v) is 10.4.